The fourth-order valence-corrected chi connectivity index (χ4v) is 6.81. The summed E-state index contributed by atoms with van der Waals surface area (Å²) in [5.41, 5.74) is 2.82. The molecule has 198 valence electrons. The summed E-state index contributed by atoms with van der Waals surface area (Å²) in [6.07, 6.45) is 3.37. The van der Waals surface area contributed by atoms with Crippen molar-refractivity contribution in [2.24, 2.45) is 0 Å². The van der Waals surface area contributed by atoms with Crippen LogP contribution in [0.4, 0.5) is 5.13 Å². The molecule has 3 aromatic carbocycles. The SMILES string of the molecule is CCN(Cc1ccccc1)S(=O)(=O)c1ccc(C(=O)N(Cc2cccnc2)c2nc3ccc(Cl)cc3s2)cc1. The Morgan fingerprint density at radius 2 is 1.67 bits per heavy atom. The Kier molecular flexibility index (Phi) is 8.04. The zero-order valence-electron chi connectivity index (χ0n) is 21.1. The number of hydrogen-bond acceptors (Lipinski definition) is 6. The molecule has 0 saturated carbocycles. The molecule has 0 atom stereocenters. The lowest BCUT2D eigenvalue weighted by molar-refractivity contribution is 0.0985. The lowest BCUT2D eigenvalue weighted by atomic mass is 10.2. The molecule has 10 heteroatoms. The maximum atomic E-state index is 13.8. The summed E-state index contributed by atoms with van der Waals surface area (Å²) in [7, 11) is -3.76. The fraction of sp³-hybridized carbons (Fsp3) is 0.138. The minimum atomic E-state index is -3.76. The van der Waals surface area contributed by atoms with E-state index in [9.17, 15) is 13.2 Å². The van der Waals surface area contributed by atoms with Gasteiger partial charge in [-0.25, -0.2) is 13.4 Å². The predicted octanol–water partition coefficient (Wildman–Crippen LogP) is 6.40. The number of halogens is 1. The first kappa shape index (κ1) is 27.0. The average molecular weight is 577 g/mol. The molecule has 7 nitrogen and oxygen atoms in total. The zero-order valence-corrected chi connectivity index (χ0v) is 23.5. The van der Waals surface area contributed by atoms with Crippen molar-refractivity contribution in [2.45, 2.75) is 24.9 Å². The molecule has 0 aliphatic carbocycles. The molecule has 0 fully saturated rings. The Hall–Kier alpha value is -3.63. The second kappa shape index (κ2) is 11.6. The summed E-state index contributed by atoms with van der Waals surface area (Å²) in [5.74, 6) is -0.301. The van der Waals surface area contributed by atoms with Gasteiger partial charge < -0.3 is 0 Å². The lowest BCUT2D eigenvalue weighted by Crippen LogP contribution is -2.31. The van der Waals surface area contributed by atoms with Gasteiger partial charge in [0.05, 0.1) is 21.7 Å². The smallest absolute Gasteiger partial charge is 0.260 e. The molecular formula is C29H25ClN4O3S2. The van der Waals surface area contributed by atoms with Crippen molar-refractivity contribution in [1.29, 1.82) is 0 Å². The van der Waals surface area contributed by atoms with Crippen LogP contribution in [-0.2, 0) is 23.1 Å². The van der Waals surface area contributed by atoms with E-state index in [4.69, 9.17) is 11.6 Å². The standard InChI is InChI=1S/C29H25ClN4O3S2/c1-2-33(19-21-7-4-3-5-8-21)39(36,37)25-13-10-23(11-14-25)28(35)34(20-22-9-6-16-31-18-22)29-32-26-15-12-24(30)17-27(26)38-29/h3-18H,2,19-20H2,1H3. The number of thiazole rings is 1. The highest BCUT2D eigenvalue weighted by molar-refractivity contribution is 7.89. The summed E-state index contributed by atoms with van der Waals surface area (Å²) in [5, 5.41) is 1.10. The van der Waals surface area contributed by atoms with Gasteiger partial charge >= 0.3 is 0 Å². The quantitative estimate of drug-likeness (QED) is 0.203. The van der Waals surface area contributed by atoms with Gasteiger partial charge in [-0.15, -0.1) is 0 Å². The number of carbonyl (C=O) groups is 1. The lowest BCUT2D eigenvalue weighted by Gasteiger charge is -2.22. The van der Waals surface area contributed by atoms with Gasteiger partial charge in [-0.3, -0.25) is 14.7 Å². The molecule has 0 bridgehead atoms. The molecule has 5 aromatic rings. The monoisotopic (exact) mass is 576 g/mol. The second-order valence-corrected chi connectivity index (χ2v) is 12.2. The molecule has 0 N–H and O–H groups in total. The summed E-state index contributed by atoms with van der Waals surface area (Å²) >= 11 is 7.53. The number of rotatable bonds is 9. The molecule has 0 radical (unpaired) electrons. The van der Waals surface area contributed by atoms with Crippen molar-refractivity contribution >= 4 is 54.2 Å². The van der Waals surface area contributed by atoms with Crippen molar-refractivity contribution in [3.8, 4) is 0 Å². The number of pyridine rings is 1. The van der Waals surface area contributed by atoms with E-state index in [0.717, 1.165) is 21.3 Å². The summed E-state index contributed by atoms with van der Waals surface area (Å²) < 4.78 is 29.0. The first-order valence-electron chi connectivity index (χ1n) is 12.3. The molecule has 0 unspecified atom stereocenters. The summed E-state index contributed by atoms with van der Waals surface area (Å²) in [6.45, 7) is 2.64. The van der Waals surface area contributed by atoms with Crippen LogP contribution in [-0.4, -0.2) is 35.1 Å². The van der Waals surface area contributed by atoms with Crippen LogP contribution in [0.2, 0.25) is 5.02 Å². The van der Waals surface area contributed by atoms with Gasteiger partial charge in [-0.05, 0) is 59.7 Å². The van der Waals surface area contributed by atoms with E-state index >= 15 is 0 Å². The van der Waals surface area contributed by atoms with Crippen LogP contribution < -0.4 is 4.90 Å². The van der Waals surface area contributed by atoms with Gasteiger partial charge in [0, 0.05) is 36.1 Å². The van der Waals surface area contributed by atoms with Gasteiger partial charge in [0.25, 0.3) is 5.91 Å². The highest BCUT2D eigenvalue weighted by Gasteiger charge is 2.26. The van der Waals surface area contributed by atoms with Gasteiger partial charge in [-0.1, -0.05) is 66.3 Å². The number of benzene rings is 3. The number of hydrogen-bond donors (Lipinski definition) is 0. The van der Waals surface area contributed by atoms with Crippen LogP contribution in [0.25, 0.3) is 10.2 Å². The fourth-order valence-electron chi connectivity index (χ4n) is 4.13. The topological polar surface area (TPSA) is 83.5 Å². The van der Waals surface area contributed by atoms with Crippen LogP contribution in [0.15, 0.2) is 102 Å². The van der Waals surface area contributed by atoms with Crippen LogP contribution in [0.1, 0.15) is 28.4 Å². The minimum Gasteiger partial charge on any atom is -0.279 e. The molecule has 2 heterocycles. The van der Waals surface area contributed by atoms with E-state index in [1.54, 1.807) is 42.4 Å². The molecule has 2 aromatic heterocycles. The highest BCUT2D eigenvalue weighted by Crippen LogP contribution is 2.32. The average Bonchev–Trinajstić information content (AvgIpc) is 3.38. The number of fused-ring (bicyclic) bond motifs is 1. The Bertz CT molecular complexity index is 1690. The molecule has 1 amide bonds. The third kappa shape index (κ3) is 6.02. The van der Waals surface area contributed by atoms with Crippen molar-refractivity contribution < 1.29 is 13.2 Å². The van der Waals surface area contributed by atoms with Crippen LogP contribution in [0.5, 0.6) is 0 Å². The second-order valence-electron chi connectivity index (χ2n) is 8.80. The van der Waals surface area contributed by atoms with Crippen molar-refractivity contribution in [1.82, 2.24) is 14.3 Å². The van der Waals surface area contributed by atoms with Crippen LogP contribution in [0.3, 0.4) is 0 Å². The molecule has 0 aliphatic rings. The predicted molar refractivity (Wildman–Crippen MR) is 156 cm³/mol. The number of sulfonamides is 1. The number of aromatic nitrogens is 2. The number of nitrogens with zero attached hydrogens (tertiary/aromatic N) is 4. The van der Waals surface area contributed by atoms with E-state index in [1.807, 2.05) is 54.6 Å². The maximum Gasteiger partial charge on any atom is 0.260 e. The molecule has 39 heavy (non-hydrogen) atoms. The van der Waals surface area contributed by atoms with Gasteiger partial charge in [0.1, 0.15) is 0 Å². The van der Waals surface area contributed by atoms with Gasteiger partial charge in [0.15, 0.2) is 5.13 Å². The Balaban J connectivity index is 1.44. The van der Waals surface area contributed by atoms with Crippen molar-refractivity contribution in [2.75, 3.05) is 11.4 Å². The van der Waals surface area contributed by atoms with Crippen LogP contribution >= 0.6 is 22.9 Å². The molecule has 0 spiro atoms. The maximum absolute atomic E-state index is 13.8. The summed E-state index contributed by atoms with van der Waals surface area (Å²) in [6, 6.07) is 24.6. The van der Waals surface area contributed by atoms with Gasteiger partial charge in [0.2, 0.25) is 10.0 Å². The van der Waals surface area contributed by atoms with Crippen molar-refractivity contribution in [3.63, 3.8) is 0 Å². The Morgan fingerprint density at radius 3 is 2.36 bits per heavy atom. The third-order valence-electron chi connectivity index (χ3n) is 6.17. The van der Waals surface area contributed by atoms with E-state index < -0.39 is 10.0 Å². The van der Waals surface area contributed by atoms with E-state index in [0.29, 0.717) is 22.3 Å². The minimum absolute atomic E-state index is 0.130. The third-order valence-corrected chi connectivity index (χ3v) is 9.38. The normalized spacial score (nSPS) is 11.7. The van der Waals surface area contributed by atoms with E-state index in [1.165, 1.54) is 27.8 Å². The summed E-state index contributed by atoms with van der Waals surface area (Å²) in [4.78, 5) is 24.3. The van der Waals surface area contributed by atoms with Crippen molar-refractivity contribution in [3.05, 3.63) is 119 Å². The largest absolute Gasteiger partial charge is 0.279 e. The van der Waals surface area contributed by atoms with E-state index in [-0.39, 0.29) is 23.9 Å². The first-order valence-corrected chi connectivity index (χ1v) is 14.9. The molecular weight excluding hydrogens is 552 g/mol. The Labute approximate surface area is 236 Å². The molecule has 0 aliphatic heterocycles. The molecule has 5 rings (SSSR count). The molecule has 0 saturated heterocycles. The first-order chi connectivity index (χ1) is 18.8. The Morgan fingerprint density at radius 1 is 0.923 bits per heavy atom. The van der Waals surface area contributed by atoms with Gasteiger partial charge in [-0.2, -0.15) is 4.31 Å². The number of carbonyl (C=O) groups excluding carboxylic acids is 1. The number of amides is 1. The van der Waals surface area contributed by atoms with Crippen LogP contribution in [0, 0.1) is 0 Å². The zero-order chi connectivity index (χ0) is 27.4. The number of anilines is 1. The highest BCUT2D eigenvalue weighted by atomic mass is 35.5. The van der Waals surface area contributed by atoms with E-state index in [2.05, 4.69) is 9.97 Å².